The Morgan fingerprint density at radius 3 is 2.82 bits per heavy atom. The van der Waals surface area contributed by atoms with Gasteiger partial charge in [-0.2, -0.15) is 0 Å². The molecule has 6 heteroatoms. The molecule has 5 nitrogen and oxygen atoms in total. The van der Waals surface area contributed by atoms with E-state index in [9.17, 15) is 4.79 Å². The molecule has 0 saturated heterocycles. The minimum absolute atomic E-state index is 0.00768. The molecule has 116 valence electrons. The van der Waals surface area contributed by atoms with E-state index in [-0.39, 0.29) is 5.91 Å². The zero-order chi connectivity index (χ0) is 15.4. The molecule has 22 heavy (non-hydrogen) atoms. The normalized spacial score (nSPS) is 14.2. The molecule has 2 aromatic rings. The van der Waals surface area contributed by atoms with E-state index in [0.717, 1.165) is 41.1 Å². The van der Waals surface area contributed by atoms with Gasteiger partial charge in [0, 0.05) is 17.4 Å². The van der Waals surface area contributed by atoms with Crippen molar-refractivity contribution in [2.24, 2.45) is 0 Å². The van der Waals surface area contributed by atoms with Crippen molar-refractivity contribution in [3.05, 3.63) is 46.0 Å². The topological polar surface area (TPSA) is 59.8 Å². The third kappa shape index (κ3) is 3.74. The number of benzene rings is 1. The van der Waals surface area contributed by atoms with Crippen molar-refractivity contribution >= 4 is 21.8 Å². The van der Waals surface area contributed by atoms with E-state index in [4.69, 9.17) is 0 Å². The number of amides is 1. The Hall–Kier alpha value is -1.69. The first-order chi connectivity index (χ1) is 10.7. The SMILES string of the molecule is O=C(Cc1ccc(Br)cc1)NCc1nnc2n1CCCCC2. The molecule has 2 heterocycles. The predicted molar refractivity (Wildman–Crippen MR) is 87.3 cm³/mol. The van der Waals surface area contributed by atoms with Crippen LogP contribution in [0.4, 0.5) is 0 Å². The molecule has 1 aliphatic heterocycles. The standard InChI is InChI=1S/C16H19BrN4O/c17-13-7-5-12(6-8-13)10-16(22)18-11-15-20-19-14-4-2-1-3-9-21(14)15/h5-8H,1-4,9-11H2,(H,18,22). The molecule has 1 amide bonds. The summed E-state index contributed by atoms with van der Waals surface area (Å²) in [6.45, 7) is 1.41. The molecular weight excluding hydrogens is 344 g/mol. The minimum atomic E-state index is 0.00768. The van der Waals surface area contributed by atoms with E-state index in [0.29, 0.717) is 13.0 Å². The lowest BCUT2D eigenvalue weighted by molar-refractivity contribution is -0.120. The molecule has 0 fully saturated rings. The Labute approximate surface area is 138 Å². The Morgan fingerprint density at radius 2 is 2.00 bits per heavy atom. The molecule has 0 unspecified atom stereocenters. The smallest absolute Gasteiger partial charge is 0.224 e. The average molecular weight is 363 g/mol. The number of carbonyl (C=O) groups is 1. The minimum Gasteiger partial charge on any atom is -0.349 e. The van der Waals surface area contributed by atoms with Crippen molar-refractivity contribution in [2.75, 3.05) is 0 Å². The van der Waals surface area contributed by atoms with Crippen LogP contribution < -0.4 is 5.32 Å². The lowest BCUT2D eigenvalue weighted by Gasteiger charge is -2.08. The van der Waals surface area contributed by atoms with Gasteiger partial charge in [0.1, 0.15) is 5.82 Å². The van der Waals surface area contributed by atoms with Crippen LogP contribution in [0.1, 0.15) is 36.5 Å². The summed E-state index contributed by atoms with van der Waals surface area (Å²) in [6, 6.07) is 7.79. The lowest BCUT2D eigenvalue weighted by Crippen LogP contribution is -2.26. The van der Waals surface area contributed by atoms with E-state index < -0.39 is 0 Å². The molecule has 1 aliphatic rings. The zero-order valence-electron chi connectivity index (χ0n) is 12.4. The van der Waals surface area contributed by atoms with Crippen molar-refractivity contribution in [1.82, 2.24) is 20.1 Å². The van der Waals surface area contributed by atoms with Gasteiger partial charge in [-0.3, -0.25) is 4.79 Å². The molecule has 1 aromatic heterocycles. The first-order valence-corrected chi connectivity index (χ1v) is 8.44. The fourth-order valence-corrected chi connectivity index (χ4v) is 2.97. The third-order valence-electron chi connectivity index (χ3n) is 3.91. The summed E-state index contributed by atoms with van der Waals surface area (Å²) in [6.07, 6.45) is 4.94. The van der Waals surface area contributed by atoms with Crippen molar-refractivity contribution in [2.45, 2.75) is 45.2 Å². The second kappa shape index (κ2) is 7.05. The number of hydrogen-bond acceptors (Lipinski definition) is 3. The molecule has 3 rings (SSSR count). The van der Waals surface area contributed by atoms with Gasteiger partial charge in [0.2, 0.25) is 5.91 Å². The van der Waals surface area contributed by atoms with Crippen LogP contribution in [-0.4, -0.2) is 20.7 Å². The fourth-order valence-electron chi connectivity index (χ4n) is 2.70. The summed E-state index contributed by atoms with van der Waals surface area (Å²) in [5.41, 5.74) is 1.00. The average Bonchev–Trinajstić information content (AvgIpc) is 2.75. The number of nitrogens with one attached hydrogen (secondary N) is 1. The number of aromatic nitrogens is 3. The van der Waals surface area contributed by atoms with Gasteiger partial charge in [-0.25, -0.2) is 0 Å². The highest BCUT2D eigenvalue weighted by Gasteiger charge is 2.15. The maximum Gasteiger partial charge on any atom is 0.224 e. The van der Waals surface area contributed by atoms with Crippen molar-refractivity contribution in [3.63, 3.8) is 0 Å². The Bertz CT molecular complexity index is 651. The van der Waals surface area contributed by atoms with E-state index in [1.165, 1.54) is 12.8 Å². The van der Waals surface area contributed by atoms with E-state index in [1.54, 1.807) is 0 Å². The zero-order valence-corrected chi connectivity index (χ0v) is 14.0. The van der Waals surface area contributed by atoms with Crippen LogP contribution in [0.5, 0.6) is 0 Å². The van der Waals surface area contributed by atoms with Gasteiger partial charge in [0.05, 0.1) is 13.0 Å². The van der Waals surface area contributed by atoms with Crippen LogP contribution in [-0.2, 0) is 30.7 Å². The van der Waals surface area contributed by atoms with Gasteiger partial charge >= 0.3 is 0 Å². The Kier molecular flexibility index (Phi) is 4.87. The molecule has 1 N–H and O–H groups in total. The van der Waals surface area contributed by atoms with Crippen molar-refractivity contribution in [1.29, 1.82) is 0 Å². The highest BCUT2D eigenvalue weighted by molar-refractivity contribution is 9.10. The van der Waals surface area contributed by atoms with Crippen LogP contribution in [0.3, 0.4) is 0 Å². The predicted octanol–water partition coefficient (Wildman–Crippen LogP) is 2.63. The van der Waals surface area contributed by atoms with E-state index >= 15 is 0 Å². The van der Waals surface area contributed by atoms with Gasteiger partial charge in [0.15, 0.2) is 5.82 Å². The summed E-state index contributed by atoms with van der Waals surface area (Å²) in [7, 11) is 0. The summed E-state index contributed by atoms with van der Waals surface area (Å²) in [4.78, 5) is 12.0. The van der Waals surface area contributed by atoms with Gasteiger partial charge in [-0.05, 0) is 30.5 Å². The molecule has 0 radical (unpaired) electrons. The first kappa shape index (κ1) is 15.2. The summed E-state index contributed by atoms with van der Waals surface area (Å²) in [5.74, 6) is 1.92. The molecule has 1 aromatic carbocycles. The van der Waals surface area contributed by atoms with Crippen LogP contribution in [0.25, 0.3) is 0 Å². The quantitative estimate of drug-likeness (QED) is 0.909. The fraction of sp³-hybridized carbons (Fsp3) is 0.438. The van der Waals surface area contributed by atoms with Gasteiger partial charge in [-0.1, -0.05) is 34.5 Å². The van der Waals surface area contributed by atoms with Gasteiger partial charge in [-0.15, -0.1) is 10.2 Å². The van der Waals surface area contributed by atoms with Crippen molar-refractivity contribution < 1.29 is 4.79 Å². The number of rotatable bonds is 4. The number of halogens is 1. The van der Waals surface area contributed by atoms with Crippen LogP contribution in [0.2, 0.25) is 0 Å². The molecule has 0 aliphatic carbocycles. The molecule has 0 saturated carbocycles. The molecule has 0 spiro atoms. The molecule has 0 atom stereocenters. The summed E-state index contributed by atoms with van der Waals surface area (Å²) < 4.78 is 3.18. The highest BCUT2D eigenvalue weighted by atomic mass is 79.9. The summed E-state index contributed by atoms with van der Waals surface area (Å²) in [5, 5.41) is 11.4. The number of hydrogen-bond donors (Lipinski definition) is 1. The monoisotopic (exact) mass is 362 g/mol. The maximum absolute atomic E-state index is 12.0. The number of nitrogens with zero attached hydrogens (tertiary/aromatic N) is 3. The van der Waals surface area contributed by atoms with Crippen LogP contribution >= 0.6 is 15.9 Å². The highest BCUT2D eigenvalue weighted by Crippen LogP contribution is 2.14. The largest absolute Gasteiger partial charge is 0.349 e. The van der Waals surface area contributed by atoms with E-state index in [2.05, 4.69) is 36.0 Å². The number of fused-ring (bicyclic) bond motifs is 1. The molecular formula is C16H19BrN4O. The second-order valence-electron chi connectivity index (χ2n) is 5.57. The number of aryl methyl sites for hydroxylation is 1. The number of carbonyl (C=O) groups excluding carboxylic acids is 1. The summed E-state index contributed by atoms with van der Waals surface area (Å²) >= 11 is 3.39. The van der Waals surface area contributed by atoms with Gasteiger partial charge in [0.25, 0.3) is 0 Å². The van der Waals surface area contributed by atoms with Gasteiger partial charge < -0.3 is 9.88 Å². The third-order valence-corrected chi connectivity index (χ3v) is 4.44. The second-order valence-corrected chi connectivity index (χ2v) is 6.49. The maximum atomic E-state index is 12.0. The van der Waals surface area contributed by atoms with Crippen molar-refractivity contribution in [3.8, 4) is 0 Å². The lowest BCUT2D eigenvalue weighted by atomic mass is 10.1. The Balaban J connectivity index is 1.57. The Morgan fingerprint density at radius 1 is 1.18 bits per heavy atom. The van der Waals surface area contributed by atoms with Crippen LogP contribution in [0, 0.1) is 0 Å². The first-order valence-electron chi connectivity index (χ1n) is 7.64. The van der Waals surface area contributed by atoms with E-state index in [1.807, 2.05) is 24.3 Å². The van der Waals surface area contributed by atoms with Crippen LogP contribution in [0.15, 0.2) is 28.7 Å². The molecule has 0 bridgehead atoms.